The molecule has 49 heavy (non-hydrogen) atoms. The van der Waals surface area contributed by atoms with Gasteiger partial charge in [0, 0.05) is 59.9 Å². The Morgan fingerprint density at radius 2 is 1.57 bits per heavy atom. The van der Waals surface area contributed by atoms with Gasteiger partial charge in [-0.2, -0.15) is 0 Å². The van der Waals surface area contributed by atoms with Crippen LogP contribution < -0.4 is 20.7 Å². The smallest absolute Gasteiger partial charge is 0.262 e. The van der Waals surface area contributed by atoms with Gasteiger partial charge < -0.3 is 20.7 Å². The molecule has 5 rings (SSSR count). The molecule has 1 aliphatic rings. The first-order valence-corrected chi connectivity index (χ1v) is 18.4. The Hall–Kier alpha value is -4.08. The van der Waals surface area contributed by atoms with Crippen LogP contribution in [0.1, 0.15) is 86.8 Å². The van der Waals surface area contributed by atoms with Gasteiger partial charge in [-0.25, -0.2) is 9.97 Å². The van der Waals surface area contributed by atoms with Crippen molar-refractivity contribution >= 4 is 23.2 Å². The number of hydrogen-bond acceptors (Lipinski definition) is 7. The molecule has 0 unspecified atom stereocenters. The number of unbranched alkanes of at least 4 members (excludes halogenated alkanes) is 4. The quantitative estimate of drug-likeness (QED) is 0.105. The summed E-state index contributed by atoms with van der Waals surface area (Å²) >= 11 is 1.47. The van der Waals surface area contributed by atoms with Gasteiger partial charge in [-0.1, -0.05) is 96.7 Å². The molecule has 0 radical (unpaired) electrons. The summed E-state index contributed by atoms with van der Waals surface area (Å²) < 4.78 is 5.91. The van der Waals surface area contributed by atoms with E-state index in [1.165, 1.54) is 37.0 Å². The Kier molecular flexibility index (Phi) is 12.2. The van der Waals surface area contributed by atoms with Gasteiger partial charge in [0.2, 0.25) is 5.91 Å². The van der Waals surface area contributed by atoms with Crippen LogP contribution in [-0.2, 0) is 16.6 Å². The molecule has 2 aromatic carbocycles. The maximum Gasteiger partial charge on any atom is 0.262 e. The zero-order valence-electron chi connectivity index (χ0n) is 29.6. The third-order valence-electron chi connectivity index (χ3n) is 8.99. The molecule has 2 aromatic heterocycles. The molecule has 1 atom stereocenters. The van der Waals surface area contributed by atoms with Crippen molar-refractivity contribution in [1.29, 1.82) is 0 Å². The fraction of sp³-hybridized carbons (Fsp3) is 0.450. The Morgan fingerprint density at radius 3 is 2.18 bits per heavy atom. The van der Waals surface area contributed by atoms with Crippen LogP contribution in [0.15, 0.2) is 73.1 Å². The Bertz CT molecular complexity index is 1660. The van der Waals surface area contributed by atoms with Crippen molar-refractivity contribution in [3.8, 4) is 28.3 Å². The van der Waals surface area contributed by atoms with Crippen molar-refractivity contribution in [2.45, 2.75) is 84.6 Å². The number of ether oxygens (including phenoxy) is 1. The van der Waals surface area contributed by atoms with Gasteiger partial charge in [0.15, 0.2) is 5.82 Å². The minimum Gasteiger partial charge on any atom is -0.494 e. The van der Waals surface area contributed by atoms with E-state index in [-0.39, 0.29) is 22.6 Å². The van der Waals surface area contributed by atoms with Crippen LogP contribution >= 0.6 is 11.3 Å². The summed E-state index contributed by atoms with van der Waals surface area (Å²) in [5, 5.41) is 9.38. The standard InChI is InChI=1S/C40H51N5O3S/c1-6-7-8-9-10-21-48-32-17-15-29(16-18-32)31-23-42-36(43-24-31)30-13-11-28(12-14-30)22-33(37(46)44-27-40(5)25-41-26-40)45-38(47)34-19-20-35(49-34)39(2,3)4/h11-20,23-24,33,41H,6-10,21-22,25-27H2,1-5H3,(H,44,46)(H,45,47)/t33-/m0/s1. The first kappa shape index (κ1) is 36.2. The summed E-state index contributed by atoms with van der Waals surface area (Å²) in [6, 6.07) is 19.1. The highest BCUT2D eigenvalue weighted by molar-refractivity contribution is 7.14. The Labute approximate surface area is 295 Å². The molecular weight excluding hydrogens is 631 g/mol. The number of nitrogens with zero attached hydrogens (tertiary/aromatic N) is 2. The summed E-state index contributed by atoms with van der Waals surface area (Å²) in [4.78, 5) is 37.8. The molecule has 0 spiro atoms. The Balaban J connectivity index is 1.20. The zero-order valence-corrected chi connectivity index (χ0v) is 30.4. The fourth-order valence-electron chi connectivity index (χ4n) is 5.69. The third kappa shape index (κ3) is 10.2. The van der Waals surface area contributed by atoms with Crippen molar-refractivity contribution in [3.63, 3.8) is 0 Å². The topological polar surface area (TPSA) is 105 Å². The van der Waals surface area contributed by atoms with Crippen LogP contribution in [0.4, 0.5) is 0 Å². The van der Waals surface area contributed by atoms with E-state index in [9.17, 15) is 9.59 Å². The molecule has 0 aliphatic carbocycles. The molecule has 0 saturated carbocycles. The molecule has 8 nitrogen and oxygen atoms in total. The number of carbonyl (C=O) groups excluding carboxylic acids is 2. The van der Waals surface area contributed by atoms with Crippen LogP contribution in [0.5, 0.6) is 5.75 Å². The predicted octanol–water partition coefficient (Wildman–Crippen LogP) is 7.59. The van der Waals surface area contributed by atoms with E-state index in [2.05, 4.69) is 60.5 Å². The van der Waals surface area contributed by atoms with Crippen LogP contribution in [0.2, 0.25) is 0 Å². The second-order valence-electron chi connectivity index (χ2n) is 14.6. The number of rotatable bonds is 16. The average molecular weight is 682 g/mol. The predicted molar refractivity (Wildman–Crippen MR) is 199 cm³/mol. The molecule has 0 bridgehead atoms. The maximum atomic E-state index is 13.4. The first-order chi connectivity index (χ1) is 23.5. The van der Waals surface area contributed by atoms with E-state index >= 15 is 0 Å². The number of carbonyl (C=O) groups is 2. The molecule has 3 N–H and O–H groups in total. The zero-order chi connectivity index (χ0) is 34.9. The van der Waals surface area contributed by atoms with E-state index in [0.29, 0.717) is 23.7 Å². The van der Waals surface area contributed by atoms with Crippen LogP contribution in [0, 0.1) is 5.41 Å². The van der Waals surface area contributed by atoms with Gasteiger partial charge in [0.25, 0.3) is 5.91 Å². The summed E-state index contributed by atoms with van der Waals surface area (Å²) in [6.45, 7) is 13.8. The van der Waals surface area contributed by atoms with E-state index in [0.717, 1.165) is 59.0 Å². The minimum atomic E-state index is -0.715. The highest BCUT2D eigenvalue weighted by atomic mass is 32.1. The molecule has 4 aromatic rings. The molecule has 1 fully saturated rings. The van der Waals surface area contributed by atoms with Crippen molar-refractivity contribution in [2.75, 3.05) is 26.2 Å². The second-order valence-corrected chi connectivity index (χ2v) is 15.6. The summed E-state index contributed by atoms with van der Waals surface area (Å²) in [6.07, 6.45) is 10.1. The summed E-state index contributed by atoms with van der Waals surface area (Å²) in [5.41, 5.74) is 3.75. The van der Waals surface area contributed by atoms with E-state index in [4.69, 9.17) is 4.74 Å². The molecule has 1 saturated heterocycles. The number of aromatic nitrogens is 2. The van der Waals surface area contributed by atoms with E-state index in [1.807, 2.05) is 73.1 Å². The molecule has 3 heterocycles. The number of thiophene rings is 1. The first-order valence-electron chi connectivity index (χ1n) is 17.6. The number of nitrogens with one attached hydrogen (secondary N) is 3. The lowest BCUT2D eigenvalue weighted by molar-refractivity contribution is -0.123. The van der Waals surface area contributed by atoms with Gasteiger partial charge in [-0.05, 0) is 47.2 Å². The van der Waals surface area contributed by atoms with Crippen LogP contribution in [0.3, 0.4) is 0 Å². The van der Waals surface area contributed by atoms with Gasteiger partial charge in [0.1, 0.15) is 11.8 Å². The average Bonchev–Trinajstić information content (AvgIpc) is 3.60. The van der Waals surface area contributed by atoms with E-state index in [1.54, 1.807) is 0 Å². The van der Waals surface area contributed by atoms with Gasteiger partial charge in [-0.3, -0.25) is 9.59 Å². The SMILES string of the molecule is CCCCCCCOc1ccc(-c2cnc(-c3ccc(C[C@H](NC(=O)c4ccc(C(C)(C)C)s4)C(=O)NCC4(C)CNC4)cc3)nc2)cc1. The highest BCUT2D eigenvalue weighted by Gasteiger charge is 2.33. The van der Waals surface area contributed by atoms with Crippen LogP contribution in [-0.4, -0.2) is 54.1 Å². The number of hydrogen-bond donors (Lipinski definition) is 3. The monoisotopic (exact) mass is 681 g/mol. The lowest BCUT2D eigenvalue weighted by atomic mass is 9.84. The normalized spacial score (nSPS) is 14.5. The number of amides is 2. The molecular formula is C40H51N5O3S. The second kappa shape index (κ2) is 16.5. The van der Waals surface area contributed by atoms with Gasteiger partial charge >= 0.3 is 0 Å². The molecule has 260 valence electrons. The largest absolute Gasteiger partial charge is 0.494 e. The van der Waals surface area contributed by atoms with Gasteiger partial charge in [-0.15, -0.1) is 11.3 Å². The molecule has 1 aliphatic heterocycles. The highest BCUT2D eigenvalue weighted by Crippen LogP contribution is 2.30. The fourth-order valence-corrected chi connectivity index (χ4v) is 6.66. The molecule has 9 heteroatoms. The lowest BCUT2D eigenvalue weighted by Crippen LogP contribution is -2.58. The molecule has 2 amide bonds. The lowest BCUT2D eigenvalue weighted by Gasteiger charge is -2.39. The maximum absolute atomic E-state index is 13.4. The van der Waals surface area contributed by atoms with Crippen molar-refractivity contribution in [2.24, 2.45) is 5.41 Å². The Morgan fingerprint density at radius 1 is 0.898 bits per heavy atom. The third-order valence-corrected chi connectivity index (χ3v) is 10.5. The summed E-state index contributed by atoms with van der Waals surface area (Å²) in [5.74, 6) is 1.08. The van der Waals surface area contributed by atoms with Crippen LogP contribution in [0.25, 0.3) is 22.5 Å². The summed E-state index contributed by atoms with van der Waals surface area (Å²) in [7, 11) is 0. The van der Waals surface area contributed by atoms with Crippen molar-refractivity contribution in [3.05, 3.63) is 88.4 Å². The minimum absolute atomic E-state index is 0.0296. The number of benzene rings is 2. The van der Waals surface area contributed by atoms with Gasteiger partial charge in [0.05, 0.1) is 11.5 Å². The van der Waals surface area contributed by atoms with E-state index < -0.39 is 6.04 Å². The van der Waals surface area contributed by atoms with Crippen molar-refractivity contribution in [1.82, 2.24) is 25.9 Å². The van der Waals surface area contributed by atoms with Crippen molar-refractivity contribution < 1.29 is 14.3 Å².